The van der Waals surface area contributed by atoms with Gasteiger partial charge in [0.15, 0.2) is 5.78 Å². The molecule has 1 saturated heterocycles. The molecule has 2 aliphatic rings. The Hall–Kier alpha value is -2.84. The minimum atomic E-state index is -0.996. The normalized spacial score (nSPS) is 18.7. The summed E-state index contributed by atoms with van der Waals surface area (Å²) in [4.78, 5) is 35.2. The Balaban J connectivity index is 1.92. The molecule has 0 radical (unpaired) electrons. The molecule has 3 rings (SSSR count). The number of rotatable bonds is 2. The van der Waals surface area contributed by atoms with Crippen LogP contribution >= 0.6 is 0 Å². The van der Waals surface area contributed by atoms with Gasteiger partial charge < -0.3 is 19.5 Å². The van der Waals surface area contributed by atoms with Gasteiger partial charge in [-0.05, 0) is 0 Å². The number of nitrogens with zero attached hydrogens (tertiary/aromatic N) is 2. The fourth-order valence-electron chi connectivity index (χ4n) is 3.20. The summed E-state index contributed by atoms with van der Waals surface area (Å²) in [5.74, 6) is 0.0230. The molecule has 0 atom stereocenters. The Morgan fingerprint density at radius 3 is 2.62 bits per heavy atom. The highest BCUT2D eigenvalue weighted by atomic mass is 16.6. The van der Waals surface area contributed by atoms with E-state index >= 15 is 0 Å². The largest absolute Gasteiger partial charge is 0.490 e. The van der Waals surface area contributed by atoms with Crippen LogP contribution in [0.1, 0.15) is 29.6 Å². The van der Waals surface area contributed by atoms with Gasteiger partial charge in [0, 0.05) is 38.1 Å². The van der Waals surface area contributed by atoms with Gasteiger partial charge in [0.25, 0.3) is 0 Å². The second-order valence-electron chi connectivity index (χ2n) is 5.93. The Morgan fingerprint density at radius 1 is 1.42 bits per heavy atom. The zero-order chi connectivity index (χ0) is 17.5. The van der Waals surface area contributed by atoms with Crippen LogP contribution in [0.5, 0.6) is 11.5 Å². The molecule has 2 heterocycles. The molecular weight excluding hydrogens is 320 g/mol. The number of nitro groups is 1. The van der Waals surface area contributed by atoms with Gasteiger partial charge >= 0.3 is 11.8 Å². The lowest BCUT2D eigenvalue weighted by molar-refractivity contribution is -0.385. The van der Waals surface area contributed by atoms with Crippen molar-refractivity contribution in [2.45, 2.75) is 24.9 Å². The average molecular weight is 336 g/mol. The van der Waals surface area contributed by atoms with Crippen molar-refractivity contribution >= 4 is 17.6 Å². The SMILES string of the molecule is COc1cc2c(cc1[N+](=O)[O-])C(=O)CC1(CCN(C(=O)O)CC1)O2. The summed E-state index contributed by atoms with van der Waals surface area (Å²) in [6.45, 7) is 0.560. The number of carbonyl (C=O) groups excluding carboxylic acids is 1. The van der Waals surface area contributed by atoms with Gasteiger partial charge in [0.05, 0.1) is 24.0 Å². The standard InChI is InChI=1S/C15H16N2O7/c1-23-13-7-12-9(6-10(13)17(21)22)11(18)8-15(24-12)2-4-16(5-3-15)14(19)20/h6-7H,2-5,8H2,1H3,(H,19,20). The monoisotopic (exact) mass is 336 g/mol. The molecule has 1 N–H and O–H groups in total. The van der Waals surface area contributed by atoms with Crippen molar-refractivity contribution < 1.29 is 29.1 Å². The third kappa shape index (κ3) is 2.61. The number of Topliss-reactive ketones (excluding diaryl/α,β-unsaturated/α-hetero) is 1. The smallest absolute Gasteiger partial charge is 0.407 e. The van der Waals surface area contributed by atoms with Crippen LogP contribution in [0.3, 0.4) is 0 Å². The average Bonchev–Trinajstić information content (AvgIpc) is 2.53. The van der Waals surface area contributed by atoms with Crippen molar-refractivity contribution in [2.75, 3.05) is 20.2 Å². The number of ketones is 1. The summed E-state index contributed by atoms with van der Waals surface area (Å²) >= 11 is 0. The number of piperidine rings is 1. The number of carboxylic acid groups (broad SMARTS) is 1. The second-order valence-corrected chi connectivity index (χ2v) is 5.93. The molecule has 1 aromatic carbocycles. The summed E-state index contributed by atoms with van der Waals surface area (Å²) in [6, 6.07) is 2.53. The number of fused-ring (bicyclic) bond motifs is 1. The lowest BCUT2D eigenvalue weighted by atomic mass is 9.82. The third-order valence-corrected chi connectivity index (χ3v) is 4.53. The van der Waals surface area contributed by atoms with Gasteiger partial charge in [-0.3, -0.25) is 14.9 Å². The zero-order valence-electron chi connectivity index (χ0n) is 13.0. The molecule has 9 heteroatoms. The van der Waals surface area contributed by atoms with Gasteiger partial charge in [0.1, 0.15) is 11.4 Å². The van der Waals surface area contributed by atoms with Crippen molar-refractivity contribution in [3.8, 4) is 11.5 Å². The fraction of sp³-hybridized carbons (Fsp3) is 0.467. The number of hydrogen-bond acceptors (Lipinski definition) is 6. The van der Waals surface area contributed by atoms with Crippen LogP contribution in [0.2, 0.25) is 0 Å². The predicted octanol–water partition coefficient (Wildman–Crippen LogP) is 2.08. The van der Waals surface area contributed by atoms with Crippen LogP contribution in [0.4, 0.5) is 10.5 Å². The first-order valence-electron chi connectivity index (χ1n) is 7.42. The molecule has 0 unspecified atom stereocenters. The Kier molecular flexibility index (Phi) is 3.78. The van der Waals surface area contributed by atoms with Crippen molar-refractivity contribution in [1.29, 1.82) is 0 Å². The second kappa shape index (κ2) is 5.66. The maximum absolute atomic E-state index is 12.5. The van der Waals surface area contributed by atoms with E-state index in [0.29, 0.717) is 12.8 Å². The van der Waals surface area contributed by atoms with E-state index in [4.69, 9.17) is 14.6 Å². The highest BCUT2D eigenvalue weighted by molar-refractivity contribution is 6.01. The number of nitro benzene ring substituents is 1. The number of benzene rings is 1. The molecule has 1 spiro atoms. The lowest BCUT2D eigenvalue weighted by Gasteiger charge is -2.43. The summed E-state index contributed by atoms with van der Waals surface area (Å²) in [5.41, 5.74) is -0.893. The number of hydrogen-bond donors (Lipinski definition) is 1. The van der Waals surface area contributed by atoms with Gasteiger partial charge in [-0.2, -0.15) is 0 Å². The van der Waals surface area contributed by atoms with Crippen LogP contribution in [0, 0.1) is 10.1 Å². The van der Waals surface area contributed by atoms with Gasteiger partial charge in [0.2, 0.25) is 5.75 Å². The number of likely N-dealkylation sites (tertiary alicyclic amines) is 1. The quantitative estimate of drug-likeness (QED) is 0.648. The molecule has 128 valence electrons. The van der Waals surface area contributed by atoms with E-state index in [1.165, 1.54) is 24.1 Å². The van der Waals surface area contributed by atoms with Crippen molar-refractivity contribution in [3.05, 3.63) is 27.8 Å². The first-order chi connectivity index (χ1) is 11.3. The molecule has 9 nitrogen and oxygen atoms in total. The van der Waals surface area contributed by atoms with E-state index in [0.717, 1.165) is 0 Å². The van der Waals surface area contributed by atoms with Crippen LogP contribution in [0.15, 0.2) is 12.1 Å². The summed E-state index contributed by atoms with van der Waals surface area (Å²) in [7, 11) is 1.31. The van der Waals surface area contributed by atoms with Crippen LogP contribution in [-0.2, 0) is 0 Å². The zero-order valence-corrected chi connectivity index (χ0v) is 13.0. The van der Waals surface area contributed by atoms with E-state index < -0.39 is 16.6 Å². The topological polar surface area (TPSA) is 119 Å². The van der Waals surface area contributed by atoms with E-state index in [9.17, 15) is 19.7 Å². The molecule has 0 aromatic heterocycles. The number of amides is 1. The molecule has 0 bridgehead atoms. The maximum Gasteiger partial charge on any atom is 0.407 e. The maximum atomic E-state index is 12.5. The number of ether oxygens (including phenoxy) is 2. The van der Waals surface area contributed by atoms with E-state index in [2.05, 4.69) is 0 Å². The molecule has 0 aliphatic carbocycles. The van der Waals surface area contributed by atoms with Crippen molar-refractivity contribution in [1.82, 2.24) is 4.90 Å². The van der Waals surface area contributed by atoms with Crippen molar-refractivity contribution in [3.63, 3.8) is 0 Å². The fourth-order valence-corrected chi connectivity index (χ4v) is 3.20. The van der Waals surface area contributed by atoms with E-state index in [-0.39, 0.29) is 48.0 Å². The minimum absolute atomic E-state index is 0.0200. The van der Waals surface area contributed by atoms with Gasteiger partial charge in [-0.15, -0.1) is 0 Å². The Morgan fingerprint density at radius 2 is 2.08 bits per heavy atom. The highest BCUT2D eigenvalue weighted by Gasteiger charge is 2.44. The molecule has 24 heavy (non-hydrogen) atoms. The molecule has 1 aromatic rings. The van der Waals surface area contributed by atoms with Crippen LogP contribution < -0.4 is 9.47 Å². The Bertz CT molecular complexity index is 723. The molecular formula is C15H16N2O7. The molecule has 2 aliphatic heterocycles. The summed E-state index contributed by atoms with van der Waals surface area (Å²) in [6.07, 6.45) is -0.130. The highest BCUT2D eigenvalue weighted by Crippen LogP contribution is 2.43. The summed E-state index contributed by atoms with van der Waals surface area (Å²) in [5, 5.41) is 20.1. The molecule has 1 fully saturated rings. The molecule has 0 saturated carbocycles. The first kappa shape index (κ1) is 16.0. The molecule has 1 amide bonds. The summed E-state index contributed by atoms with van der Waals surface area (Å²) < 4.78 is 11.0. The predicted molar refractivity (Wildman–Crippen MR) is 80.8 cm³/mol. The van der Waals surface area contributed by atoms with Gasteiger partial charge in [-0.1, -0.05) is 0 Å². The van der Waals surface area contributed by atoms with E-state index in [1.807, 2.05) is 0 Å². The third-order valence-electron chi connectivity index (χ3n) is 4.53. The Labute approximate surface area is 136 Å². The van der Waals surface area contributed by atoms with Crippen LogP contribution in [0.25, 0.3) is 0 Å². The van der Waals surface area contributed by atoms with Crippen LogP contribution in [-0.4, -0.2) is 52.6 Å². The number of methoxy groups -OCH3 is 1. The number of carbonyl (C=O) groups is 2. The van der Waals surface area contributed by atoms with E-state index in [1.54, 1.807) is 0 Å². The van der Waals surface area contributed by atoms with Gasteiger partial charge in [-0.25, -0.2) is 4.79 Å². The first-order valence-corrected chi connectivity index (χ1v) is 7.42. The minimum Gasteiger partial charge on any atom is -0.490 e. The lowest BCUT2D eigenvalue weighted by Crippen LogP contribution is -2.52. The van der Waals surface area contributed by atoms with Crippen molar-refractivity contribution in [2.24, 2.45) is 0 Å².